The van der Waals surface area contributed by atoms with Crippen molar-refractivity contribution in [3.05, 3.63) is 58.0 Å². The number of pyridine rings is 2. The lowest BCUT2D eigenvalue weighted by atomic mass is 9.91. The molecule has 0 saturated carbocycles. The molecule has 0 spiro atoms. The van der Waals surface area contributed by atoms with E-state index in [0.717, 1.165) is 36.8 Å². The number of fused-ring (bicyclic) bond motifs is 1. The summed E-state index contributed by atoms with van der Waals surface area (Å²) in [6, 6.07) is 7.78. The Balaban J connectivity index is 1.50. The molecule has 0 bridgehead atoms. The van der Waals surface area contributed by atoms with Crippen LogP contribution < -0.4 is 20.1 Å². The van der Waals surface area contributed by atoms with Crippen LogP contribution in [0, 0.1) is 11.3 Å². The zero-order chi connectivity index (χ0) is 27.0. The summed E-state index contributed by atoms with van der Waals surface area (Å²) in [6.07, 6.45) is 5.99. The molecular formula is C27H27Cl2N7O2. The highest BCUT2D eigenvalue weighted by Crippen LogP contribution is 2.40. The smallest absolute Gasteiger partial charge is 0.162 e. The number of hydrogen-bond acceptors (Lipinski definition) is 8. The van der Waals surface area contributed by atoms with Crippen molar-refractivity contribution in [2.45, 2.75) is 38.3 Å². The van der Waals surface area contributed by atoms with Gasteiger partial charge in [-0.2, -0.15) is 10.4 Å². The summed E-state index contributed by atoms with van der Waals surface area (Å²) < 4.78 is 11.8. The van der Waals surface area contributed by atoms with Crippen molar-refractivity contribution in [1.29, 1.82) is 5.26 Å². The van der Waals surface area contributed by atoms with Crippen LogP contribution in [0.15, 0.2) is 36.8 Å². The Morgan fingerprint density at radius 2 is 1.84 bits per heavy atom. The number of benzene rings is 1. The van der Waals surface area contributed by atoms with Gasteiger partial charge < -0.3 is 20.1 Å². The number of ether oxygens (including phenoxy) is 2. The van der Waals surface area contributed by atoms with Gasteiger partial charge in [0, 0.05) is 59.8 Å². The maximum Gasteiger partial charge on any atom is 0.162 e. The normalized spacial score (nSPS) is 15.8. The summed E-state index contributed by atoms with van der Waals surface area (Å²) in [6.45, 7) is 5.42. The Hall–Kier alpha value is -3.58. The molecule has 1 aliphatic heterocycles. The Kier molecular flexibility index (Phi) is 7.05. The van der Waals surface area contributed by atoms with E-state index in [0.29, 0.717) is 49.7 Å². The van der Waals surface area contributed by atoms with Crippen LogP contribution in [0.3, 0.4) is 0 Å². The number of aromatic nitrogens is 4. The Bertz CT molecular complexity index is 1520. The summed E-state index contributed by atoms with van der Waals surface area (Å²) >= 11 is 12.7. The first-order chi connectivity index (χ1) is 18.2. The summed E-state index contributed by atoms with van der Waals surface area (Å²) in [4.78, 5) is 10.8. The number of methoxy groups -OCH3 is 1. The van der Waals surface area contributed by atoms with Gasteiger partial charge in [-0.3, -0.25) is 10.1 Å². The van der Waals surface area contributed by atoms with E-state index in [1.54, 1.807) is 13.3 Å². The van der Waals surface area contributed by atoms with Gasteiger partial charge in [-0.15, -0.1) is 0 Å². The summed E-state index contributed by atoms with van der Waals surface area (Å²) in [7, 11) is 1.57. The lowest BCUT2D eigenvalue weighted by molar-refractivity contribution is 0.216. The lowest BCUT2D eigenvalue weighted by Crippen LogP contribution is -2.48. The van der Waals surface area contributed by atoms with Gasteiger partial charge >= 0.3 is 0 Å². The SMILES string of the molecule is COc1cc2[nH]nc(-c3cnc(N4CCC(C)(N)CC4)c(C#N)c3)c2cc1O[C@H](C)c1c(Cl)cncc1Cl. The maximum absolute atomic E-state index is 9.92. The van der Waals surface area contributed by atoms with Crippen LogP contribution in [0.1, 0.15) is 43.9 Å². The van der Waals surface area contributed by atoms with Crippen molar-refractivity contribution in [2.24, 2.45) is 5.73 Å². The molecule has 1 saturated heterocycles. The highest BCUT2D eigenvalue weighted by molar-refractivity contribution is 6.35. The molecule has 9 nitrogen and oxygen atoms in total. The van der Waals surface area contributed by atoms with Gasteiger partial charge in [0.1, 0.15) is 23.7 Å². The molecule has 4 heterocycles. The third kappa shape index (κ3) is 4.95. The van der Waals surface area contributed by atoms with E-state index in [2.05, 4.69) is 38.1 Å². The average molecular weight is 552 g/mol. The summed E-state index contributed by atoms with van der Waals surface area (Å²) in [5.41, 5.74) is 9.31. The average Bonchev–Trinajstić information content (AvgIpc) is 3.30. The predicted molar refractivity (Wildman–Crippen MR) is 148 cm³/mol. The molecule has 5 rings (SSSR count). The molecule has 4 aromatic rings. The number of piperidine rings is 1. The fraction of sp³-hybridized carbons (Fsp3) is 0.333. The fourth-order valence-corrected chi connectivity index (χ4v) is 5.38. The van der Waals surface area contributed by atoms with Crippen LogP contribution in [0.5, 0.6) is 11.5 Å². The van der Waals surface area contributed by atoms with Crippen molar-refractivity contribution >= 4 is 39.9 Å². The van der Waals surface area contributed by atoms with Crippen LogP contribution in [0.2, 0.25) is 10.0 Å². The molecule has 3 aromatic heterocycles. The van der Waals surface area contributed by atoms with Crippen LogP contribution >= 0.6 is 23.2 Å². The van der Waals surface area contributed by atoms with E-state index in [-0.39, 0.29) is 5.54 Å². The second-order valence-corrected chi connectivity index (χ2v) is 10.6. The first-order valence-electron chi connectivity index (χ1n) is 12.2. The minimum Gasteiger partial charge on any atom is -0.493 e. The second kappa shape index (κ2) is 10.3. The van der Waals surface area contributed by atoms with Crippen LogP contribution in [0.4, 0.5) is 5.82 Å². The number of nitrogens with one attached hydrogen (secondary N) is 1. The van der Waals surface area contributed by atoms with Gasteiger partial charge in [-0.1, -0.05) is 23.2 Å². The largest absolute Gasteiger partial charge is 0.493 e. The minimum atomic E-state index is -0.481. The molecule has 11 heteroatoms. The molecule has 0 radical (unpaired) electrons. The molecular weight excluding hydrogens is 525 g/mol. The number of hydrogen-bond donors (Lipinski definition) is 2. The summed E-state index contributed by atoms with van der Waals surface area (Å²) in [5, 5.41) is 19.1. The van der Waals surface area contributed by atoms with Crippen molar-refractivity contribution in [2.75, 3.05) is 25.1 Å². The van der Waals surface area contributed by atoms with Gasteiger partial charge in [-0.25, -0.2) is 4.98 Å². The number of nitriles is 1. The molecule has 38 heavy (non-hydrogen) atoms. The first kappa shape index (κ1) is 26.0. The molecule has 3 N–H and O–H groups in total. The highest BCUT2D eigenvalue weighted by Gasteiger charge is 2.28. The number of halogens is 2. The van der Waals surface area contributed by atoms with Crippen molar-refractivity contribution in [3.63, 3.8) is 0 Å². The van der Waals surface area contributed by atoms with E-state index in [4.69, 9.17) is 38.4 Å². The predicted octanol–water partition coefficient (Wildman–Crippen LogP) is 5.66. The standard InChI is InChI=1S/C27H27Cl2N7O2/c1-15(24-19(28)13-32-14-20(24)29)38-23-9-18-21(10-22(23)37-3)34-35-25(18)17-8-16(11-30)26(33-12-17)36-6-4-27(2,31)5-7-36/h8-10,12-15H,4-7,31H2,1-3H3,(H,34,35)/t15-/m1/s1. The van der Waals surface area contributed by atoms with Gasteiger partial charge in [0.2, 0.25) is 0 Å². The van der Waals surface area contributed by atoms with Gasteiger partial charge in [0.15, 0.2) is 11.5 Å². The number of rotatable bonds is 6. The third-order valence-electron chi connectivity index (χ3n) is 6.91. The van der Waals surface area contributed by atoms with E-state index in [1.165, 1.54) is 12.4 Å². The molecule has 196 valence electrons. The molecule has 0 unspecified atom stereocenters. The number of nitrogens with two attached hydrogens (primary N) is 1. The van der Waals surface area contributed by atoms with Gasteiger partial charge in [0.05, 0.1) is 28.2 Å². The topological polar surface area (TPSA) is 126 Å². The zero-order valence-electron chi connectivity index (χ0n) is 21.3. The van der Waals surface area contributed by atoms with Crippen LogP contribution in [0.25, 0.3) is 22.2 Å². The van der Waals surface area contributed by atoms with Crippen molar-refractivity contribution < 1.29 is 9.47 Å². The third-order valence-corrected chi connectivity index (χ3v) is 7.52. The Morgan fingerprint density at radius 3 is 2.50 bits per heavy atom. The minimum absolute atomic E-state index is 0.191. The molecule has 0 aliphatic carbocycles. The zero-order valence-corrected chi connectivity index (χ0v) is 22.8. The van der Waals surface area contributed by atoms with Crippen molar-refractivity contribution in [3.8, 4) is 28.8 Å². The summed E-state index contributed by atoms with van der Waals surface area (Å²) in [5.74, 6) is 1.67. The fourth-order valence-electron chi connectivity index (χ4n) is 4.71. The van der Waals surface area contributed by atoms with Crippen molar-refractivity contribution in [1.82, 2.24) is 20.2 Å². The Morgan fingerprint density at radius 1 is 1.13 bits per heavy atom. The Labute approximate surface area is 230 Å². The number of H-pyrrole nitrogens is 1. The van der Waals surface area contributed by atoms with Gasteiger partial charge in [-0.05, 0) is 38.8 Å². The monoisotopic (exact) mass is 551 g/mol. The van der Waals surface area contributed by atoms with E-state index in [9.17, 15) is 5.26 Å². The van der Waals surface area contributed by atoms with E-state index in [1.807, 2.05) is 25.1 Å². The quantitative estimate of drug-likeness (QED) is 0.314. The van der Waals surface area contributed by atoms with Crippen LogP contribution in [-0.2, 0) is 0 Å². The number of aromatic amines is 1. The van der Waals surface area contributed by atoms with Gasteiger partial charge in [0.25, 0.3) is 0 Å². The molecule has 1 aliphatic rings. The number of anilines is 1. The second-order valence-electron chi connectivity index (χ2n) is 9.75. The lowest BCUT2D eigenvalue weighted by Gasteiger charge is -2.37. The molecule has 1 fully saturated rings. The maximum atomic E-state index is 9.92. The highest BCUT2D eigenvalue weighted by atomic mass is 35.5. The molecule has 1 aromatic carbocycles. The first-order valence-corrected chi connectivity index (χ1v) is 12.9. The van der Waals surface area contributed by atoms with E-state index >= 15 is 0 Å². The molecule has 1 atom stereocenters. The van der Waals surface area contributed by atoms with E-state index < -0.39 is 6.10 Å². The number of nitrogens with zero attached hydrogens (tertiary/aromatic N) is 5. The molecule has 0 amide bonds. The van der Waals surface area contributed by atoms with Crippen LogP contribution in [-0.4, -0.2) is 45.9 Å².